The van der Waals surface area contributed by atoms with Crippen LogP contribution in [-0.2, 0) is 72.3 Å². The summed E-state index contributed by atoms with van der Waals surface area (Å²) in [5.41, 5.74) is 2.40. The predicted octanol–water partition coefficient (Wildman–Crippen LogP) is 2.11. The van der Waals surface area contributed by atoms with Crippen LogP contribution >= 0.6 is 0 Å². The first kappa shape index (κ1) is 20.1. The van der Waals surface area contributed by atoms with Gasteiger partial charge in [-0.1, -0.05) is 26.4 Å². The monoisotopic (exact) mass is 509 g/mol. The molecule has 0 unspecified atom stereocenters. The fraction of sp³-hybridized carbons (Fsp3) is 0.250. The summed E-state index contributed by atoms with van der Waals surface area (Å²) in [7, 11) is 0. The van der Waals surface area contributed by atoms with Crippen molar-refractivity contribution in [3.63, 3.8) is 0 Å². The standard InChI is InChI=1S/C12H9O2.V.W.Y/c1-7-4-8(2)11-10(5-7)6-9(3)12(13)14-11;;;/h1-3H3;;;/q-3;;;. The van der Waals surface area contributed by atoms with Crippen molar-refractivity contribution in [2.24, 2.45) is 0 Å². The summed E-state index contributed by atoms with van der Waals surface area (Å²) in [5, 5.41) is 0.718. The zero-order chi connectivity index (χ0) is 10.3. The van der Waals surface area contributed by atoms with Crippen molar-refractivity contribution in [3.05, 3.63) is 45.3 Å². The van der Waals surface area contributed by atoms with Crippen molar-refractivity contribution < 1.29 is 76.7 Å². The summed E-state index contributed by atoms with van der Waals surface area (Å²) in [6, 6.07) is 9.06. The predicted molar refractivity (Wildman–Crippen MR) is 53.2 cm³/mol. The molecule has 0 spiro atoms. The Labute approximate surface area is 152 Å². The van der Waals surface area contributed by atoms with E-state index in [4.69, 9.17) is 4.42 Å². The molecule has 2 nitrogen and oxygen atoms in total. The average Bonchev–Trinajstić information content (AvgIpc) is 2.08. The first-order chi connectivity index (χ1) is 6.58. The van der Waals surface area contributed by atoms with Gasteiger partial charge in [-0.2, -0.15) is 0 Å². The van der Waals surface area contributed by atoms with Crippen LogP contribution in [0.5, 0.6) is 0 Å². The Balaban J connectivity index is 0. The van der Waals surface area contributed by atoms with Gasteiger partial charge in [0.1, 0.15) is 0 Å². The largest absolute Gasteiger partial charge is 0.606 e. The SMILES string of the molecule is Cc1[c-]c(C)c2oc(=O)c(C)[c-]c2[c-]1.[V].[W].[Y]. The second-order valence-corrected chi connectivity index (χ2v) is 3.34. The van der Waals surface area contributed by atoms with Crippen molar-refractivity contribution in [1.29, 1.82) is 0 Å². The summed E-state index contributed by atoms with van der Waals surface area (Å²) in [5.74, 6) is 0. The van der Waals surface area contributed by atoms with Crippen LogP contribution in [0.3, 0.4) is 0 Å². The molecule has 0 bridgehead atoms. The first-order valence-corrected chi connectivity index (χ1v) is 4.36. The molecule has 86 valence electrons. The number of benzene rings is 1. The molecule has 2 radical (unpaired) electrons. The van der Waals surface area contributed by atoms with Gasteiger partial charge in [-0.3, -0.25) is 23.1 Å². The molecule has 0 aliphatic heterocycles. The third-order valence-corrected chi connectivity index (χ3v) is 2.07. The van der Waals surface area contributed by atoms with Crippen LogP contribution in [0.2, 0.25) is 0 Å². The van der Waals surface area contributed by atoms with Gasteiger partial charge < -0.3 is 15.3 Å². The van der Waals surface area contributed by atoms with Gasteiger partial charge >= 0.3 is 0 Å². The molecule has 0 atom stereocenters. The van der Waals surface area contributed by atoms with Crippen molar-refractivity contribution >= 4 is 11.0 Å². The van der Waals surface area contributed by atoms with Gasteiger partial charge in [0, 0.05) is 72.3 Å². The van der Waals surface area contributed by atoms with Gasteiger partial charge in [0.15, 0.2) is 5.63 Å². The first-order valence-electron chi connectivity index (χ1n) is 4.36. The van der Waals surface area contributed by atoms with Gasteiger partial charge in [0.2, 0.25) is 0 Å². The minimum Gasteiger partial charge on any atom is -0.606 e. The molecule has 0 fully saturated rings. The molecule has 0 N–H and O–H groups in total. The maximum absolute atomic E-state index is 11.2. The summed E-state index contributed by atoms with van der Waals surface area (Å²) >= 11 is 0. The third-order valence-electron chi connectivity index (χ3n) is 2.07. The van der Waals surface area contributed by atoms with Gasteiger partial charge in [-0.15, -0.1) is 5.56 Å². The van der Waals surface area contributed by atoms with E-state index in [1.807, 2.05) is 13.8 Å². The van der Waals surface area contributed by atoms with Gasteiger partial charge in [-0.25, -0.2) is 5.56 Å². The Bertz CT molecular complexity index is 566. The molecule has 2 rings (SSSR count). The van der Waals surface area contributed by atoms with E-state index in [9.17, 15) is 4.79 Å². The van der Waals surface area contributed by atoms with Crippen molar-refractivity contribution in [3.8, 4) is 0 Å². The maximum Gasteiger partial charge on any atom is 0.158 e. The Morgan fingerprint density at radius 2 is 1.59 bits per heavy atom. The number of fused-ring (bicyclic) bond motifs is 1. The minimum atomic E-state index is -0.341. The summed E-state index contributed by atoms with van der Waals surface area (Å²) in [6.07, 6.45) is 0. The molecule has 0 amide bonds. The number of aryl methyl sites for hydroxylation is 3. The van der Waals surface area contributed by atoms with E-state index >= 15 is 0 Å². The van der Waals surface area contributed by atoms with Gasteiger partial charge in [0.05, 0.1) is 0 Å². The normalized spacial score (nSPS) is 8.88. The third kappa shape index (κ3) is 4.44. The van der Waals surface area contributed by atoms with E-state index in [-0.39, 0.29) is 78.0 Å². The molecule has 0 aliphatic carbocycles. The van der Waals surface area contributed by atoms with Crippen LogP contribution in [0.15, 0.2) is 9.21 Å². The summed E-state index contributed by atoms with van der Waals surface area (Å²) < 4.78 is 5.13. The van der Waals surface area contributed by atoms with E-state index in [2.05, 4.69) is 18.2 Å². The second kappa shape index (κ2) is 8.07. The zero-order valence-electron chi connectivity index (χ0n) is 9.75. The Hall–Kier alpha value is 0.807. The van der Waals surface area contributed by atoms with Crippen LogP contribution in [0.1, 0.15) is 16.7 Å². The fourth-order valence-electron chi connectivity index (χ4n) is 1.42. The summed E-state index contributed by atoms with van der Waals surface area (Å²) in [6.45, 7) is 5.44. The Morgan fingerprint density at radius 3 is 2.18 bits per heavy atom. The van der Waals surface area contributed by atoms with Crippen molar-refractivity contribution in [1.82, 2.24) is 0 Å². The Morgan fingerprint density at radius 1 is 1.00 bits per heavy atom. The van der Waals surface area contributed by atoms with Crippen molar-refractivity contribution in [2.75, 3.05) is 0 Å². The molecule has 1 heterocycles. The fourth-order valence-corrected chi connectivity index (χ4v) is 1.42. The summed E-state index contributed by atoms with van der Waals surface area (Å²) in [4.78, 5) is 11.2. The maximum atomic E-state index is 11.2. The van der Waals surface area contributed by atoms with E-state index in [1.165, 1.54) is 0 Å². The minimum absolute atomic E-state index is 0. The number of hydrogen-bond donors (Lipinski definition) is 0. The molecular weight excluding hydrogens is 500 g/mol. The van der Waals surface area contributed by atoms with Crippen LogP contribution < -0.4 is 5.63 Å². The van der Waals surface area contributed by atoms with Gasteiger partial charge in [-0.05, 0) is 0 Å². The topological polar surface area (TPSA) is 30.2 Å². The molecule has 1 aromatic heterocycles. The molecule has 1 aromatic carbocycles. The van der Waals surface area contributed by atoms with Crippen molar-refractivity contribution in [2.45, 2.75) is 20.8 Å². The van der Waals surface area contributed by atoms with Crippen LogP contribution in [0.25, 0.3) is 11.0 Å². The molecule has 5 heteroatoms. The second-order valence-electron chi connectivity index (χ2n) is 3.34. The van der Waals surface area contributed by atoms with E-state index in [0.29, 0.717) is 11.1 Å². The smallest absolute Gasteiger partial charge is 0.158 e. The van der Waals surface area contributed by atoms with E-state index in [1.54, 1.807) is 6.92 Å². The van der Waals surface area contributed by atoms with Crippen LogP contribution in [-0.4, -0.2) is 0 Å². The molecular formula is C12H9O2VWY-3. The molecule has 0 aliphatic rings. The molecule has 0 saturated heterocycles. The number of hydrogen-bond acceptors (Lipinski definition) is 2. The Kier molecular flexibility index (Phi) is 9.56. The zero-order valence-corrected chi connectivity index (χ0v) is 16.9. The quantitative estimate of drug-likeness (QED) is 0.403. The number of rotatable bonds is 0. The van der Waals surface area contributed by atoms with Gasteiger partial charge in [0.25, 0.3) is 0 Å². The van der Waals surface area contributed by atoms with Crippen LogP contribution in [0, 0.1) is 39.0 Å². The van der Waals surface area contributed by atoms with E-state index < -0.39 is 0 Å². The molecule has 17 heavy (non-hydrogen) atoms. The molecule has 0 saturated carbocycles. The van der Waals surface area contributed by atoms with Crippen LogP contribution in [0.4, 0.5) is 0 Å². The average molecular weight is 509 g/mol. The molecule has 2 aromatic rings. The van der Waals surface area contributed by atoms with E-state index in [0.717, 1.165) is 16.5 Å².